The van der Waals surface area contributed by atoms with Crippen molar-refractivity contribution >= 4 is 11.3 Å². The molecular weight excluding hydrogens is 266 g/mol. The Morgan fingerprint density at radius 3 is 2.55 bits per heavy atom. The first kappa shape index (κ1) is 14.7. The molecule has 0 amide bonds. The predicted octanol–water partition coefficient (Wildman–Crippen LogP) is 4.07. The number of hydrogen-bond acceptors (Lipinski definition) is 4. The Bertz CT molecular complexity index is 598. The van der Waals surface area contributed by atoms with Crippen LogP contribution in [0, 0.1) is 25.2 Å². The van der Waals surface area contributed by atoms with Gasteiger partial charge in [0.05, 0.1) is 23.2 Å². The number of aryl methyl sites for hydroxylation is 2. The molecule has 0 fully saturated rings. The Hall–Kier alpha value is -1.70. The summed E-state index contributed by atoms with van der Waals surface area (Å²) in [6.45, 7) is 6.20. The van der Waals surface area contributed by atoms with Crippen LogP contribution in [0.15, 0.2) is 30.3 Å². The summed E-state index contributed by atoms with van der Waals surface area (Å²) in [5.74, 6) is 0. The van der Waals surface area contributed by atoms with Gasteiger partial charge in [-0.05, 0) is 26.3 Å². The van der Waals surface area contributed by atoms with Gasteiger partial charge in [-0.15, -0.1) is 11.3 Å². The third kappa shape index (κ3) is 3.44. The van der Waals surface area contributed by atoms with E-state index in [9.17, 15) is 0 Å². The van der Waals surface area contributed by atoms with Crippen LogP contribution in [0.5, 0.6) is 0 Å². The van der Waals surface area contributed by atoms with E-state index < -0.39 is 0 Å². The van der Waals surface area contributed by atoms with E-state index in [4.69, 9.17) is 5.26 Å². The average molecular weight is 285 g/mol. The van der Waals surface area contributed by atoms with E-state index >= 15 is 0 Å². The lowest BCUT2D eigenvalue weighted by Gasteiger charge is -2.21. The molecule has 0 aliphatic carbocycles. The van der Waals surface area contributed by atoms with Crippen LogP contribution in [0.25, 0.3) is 0 Å². The second-order valence-electron chi connectivity index (χ2n) is 4.90. The average Bonchev–Trinajstić information content (AvgIpc) is 2.78. The summed E-state index contributed by atoms with van der Waals surface area (Å²) in [7, 11) is 0. The minimum atomic E-state index is 0.0537. The molecule has 3 nitrogen and oxygen atoms in total. The zero-order chi connectivity index (χ0) is 14.5. The number of benzene rings is 1. The molecule has 2 rings (SSSR count). The second kappa shape index (κ2) is 6.65. The van der Waals surface area contributed by atoms with Gasteiger partial charge in [-0.1, -0.05) is 30.3 Å². The molecule has 2 aromatic rings. The highest BCUT2D eigenvalue weighted by Gasteiger charge is 2.18. The molecule has 0 aliphatic rings. The van der Waals surface area contributed by atoms with E-state index in [-0.39, 0.29) is 12.1 Å². The Morgan fingerprint density at radius 2 is 2.00 bits per heavy atom. The zero-order valence-electron chi connectivity index (χ0n) is 12.1. The predicted molar refractivity (Wildman–Crippen MR) is 82.6 cm³/mol. The van der Waals surface area contributed by atoms with E-state index in [1.54, 1.807) is 11.3 Å². The molecule has 0 radical (unpaired) electrons. The first-order chi connectivity index (χ1) is 9.61. The number of thiazole rings is 1. The topological polar surface area (TPSA) is 48.7 Å². The lowest BCUT2D eigenvalue weighted by atomic mass is 10.0. The number of rotatable bonds is 5. The van der Waals surface area contributed by atoms with Crippen molar-refractivity contribution in [3.8, 4) is 6.07 Å². The Morgan fingerprint density at radius 1 is 1.30 bits per heavy atom. The molecule has 0 spiro atoms. The summed E-state index contributed by atoms with van der Waals surface area (Å²) >= 11 is 1.72. The number of hydrogen-bond donors (Lipinski definition) is 1. The summed E-state index contributed by atoms with van der Waals surface area (Å²) in [6.07, 6.45) is 0.463. The quantitative estimate of drug-likeness (QED) is 0.901. The Kier molecular flexibility index (Phi) is 4.89. The van der Waals surface area contributed by atoms with Gasteiger partial charge in [-0.2, -0.15) is 5.26 Å². The van der Waals surface area contributed by atoms with Crippen molar-refractivity contribution in [3.05, 3.63) is 51.5 Å². The summed E-state index contributed by atoms with van der Waals surface area (Å²) in [4.78, 5) is 5.72. The smallest absolute Gasteiger partial charge is 0.0900 e. The first-order valence-electron chi connectivity index (χ1n) is 6.73. The van der Waals surface area contributed by atoms with Crippen molar-refractivity contribution < 1.29 is 0 Å². The third-order valence-electron chi connectivity index (χ3n) is 3.28. The highest BCUT2D eigenvalue weighted by Crippen LogP contribution is 2.27. The largest absolute Gasteiger partial charge is 0.302 e. The van der Waals surface area contributed by atoms with E-state index in [1.165, 1.54) is 4.88 Å². The lowest BCUT2D eigenvalue weighted by Crippen LogP contribution is -2.24. The van der Waals surface area contributed by atoms with Crippen molar-refractivity contribution in [1.29, 1.82) is 5.26 Å². The molecule has 1 aromatic heterocycles. The highest BCUT2D eigenvalue weighted by atomic mass is 32.1. The first-order valence-corrected chi connectivity index (χ1v) is 7.55. The molecule has 1 aromatic carbocycles. The van der Waals surface area contributed by atoms with Gasteiger partial charge in [0.1, 0.15) is 0 Å². The lowest BCUT2D eigenvalue weighted by molar-refractivity contribution is 0.475. The molecule has 0 saturated heterocycles. The van der Waals surface area contributed by atoms with Gasteiger partial charge in [-0.3, -0.25) is 0 Å². The highest BCUT2D eigenvalue weighted by molar-refractivity contribution is 7.11. The number of nitriles is 1. The third-order valence-corrected chi connectivity index (χ3v) is 4.54. The van der Waals surface area contributed by atoms with Crippen LogP contribution in [0.3, 0.4) is 0 Å². The molecule has 1 heterocycles. The van der Waals surface area contributed by atoms with Gasteiger partial charge in [0.25, 0.3) is 0 Å². The van der Waals surface area contributed by atoms with Crippen LogP contribution in [-0.4, -0.2) is 4.98 Å². The number of nitrogens with zero attached hydrogens (tertiary/aromatic N) is 2. The molecule has 2 atom stereocenters. The minimum Gasteiger partial charge on any atom is -0.302 e. The van der Waals surface area contributed by atoms with Crippen LogP contribution in [0.1, 0.15) is 46.6 Å². The van der Waals surface area contributed by atoms with E-state index in [1.807, 2.05) is 32.0 Å². The van der Waals surface area contributed by atoms with E-state index in [0.717, 1.165) is 16.3 Å². The number of nitrogens with one attached hydrogen (secondary N) is 1. The van der Waals surface area contributed by atoms with Crippen molar-refractivity contribution in [2.75, 3.05) is 0 Å². The van der Waals surface area contributed by atoms with Gasteiger partial charge in [0.2, 0.25) is 0 Å². The van der Waals surface area contributed by atoms with Crippen LogP contribution in [0.4, 0.5) is 0 Å². The SMILES string of the molecule is Cc1nc(C)c(C(C)NC(CC#N)c2ccccc2)s1. The minimum absolute atomic E-state index is 0.0537. The Labute approximate surface area is 124 Å². The fourth-order valence-electron chi connectivity index (χ4n) is 2.38. The molecule has 0 aliphatic heterocycles. The standard InChI is InChI=1S/C16H19N3S/c1-11-16(20-13(3)18-11)12(2)19-15(9-10-17)14-7-5-4-6-8-14/h4-8,12,15,19H,9H2,1-3H3. The van der Waals surface area contributed by atoms with Gasteiger partial charge in [-0.25, -0.2) is 4.98 Å². The second-order valence-corrected chi connectivity index (χ2v) is 6.13. The maximum absolute atomic E-state index is 9.04. The van der Waals surface area contributed by atoms with Crippen molar-refractivity contribution in [3.63, 3.8) is 0 Å². The molecule has 2 unspecified atom stereocenters. The molecule has 0 saturated carbocycles. The summed E-state index contributed by atoms with van der Waals surface area (Å²) in [5.41, 5.74) is 2.23. The normalized spacial score (nSPS) is 13.7. The van der Waals surface area contributed by atoms with E-state index in [0.29, 0.717) is 6.42 Å². The molecular formula is C16H19N3S. The fourth-order valence-corrected chi connectivity index (χ4v) is 3.31. The molecule has 0 bridgehead atoms. The summed E-state index contributed by atoms with van der Waals surface area (Å²) in [6, 6.07) is 12.6. The van der Waals surface area contributed by atoms with Crippen LogP contribution < -0.4 is 5.32 Å². The molecule has 104 valence electrons. The van der Waals surface area contributed by atoms with Crippen LogP contribution in [0.2, 0.25) is 0 Å². The fraction of sp³-hybridized carbons (Fsp3) is 0.375. The maximum atomic E-state index is 9.04. The summed E-state index contributed by atoms with van der Waals surface area (Å²) < 4.78 is 0. The van der Waals surface area contributed by atoms with Crippen molar-refractivity contribution in [1.82, 2.24) is 10.3 Å². The Balaban J connectivity index is 2.17. The summed E-state index contributed by atoms with van der Waals surface area (Å²) in [5, 5.41) is 13.7. The van der Waals surface area contributed by atoms with Crippen LogP contribution in [-0.2, 0) is 0 Å². The van der Waals surface area contributed by atoms with Gasteiger partial charge < -0.3 is 5.32 Å². The maximum Gasteiger partial charge on any atom is 0.0900 e. The van der Waals surface area contributed by atoms with Crippen LogP contribution >= 0.6 is 11.3 Å². The number of aromatic nitrogens is 1. The van der Waals surface area contributed by atoms with Crippen molar-refractivity contribution in [2.45, 2.75) is 39.3 Å². The zero-order valence-corrected chi connectivity index (χ0v) is 12.9. The van der Waals surface area contributed by atoms with Gasteiger partial charge in [0.15, 0.2) is 0 Å². The van der Waals surface area contributed by atoms with Gasteiger partial charge in [0, 0.05) is 17.0 Å². The van der Waals surface area contributed by atoms with E-state index in [2.05, 4.69) is 35.4 Å². The molecule has 4 heteroatoms. The van der Waals surface area contributed by atoms with Crippen molar-refractivity contribution in [2.24, 2.45) is 0 Å². The monoisotopic (exact) mass is 285 g/mol. The van der Waals surface area contributed by atoms with Gasteiger partial charge >= 0.3 is 0 Å². The molecule has 1 N–H and O–H groups in total. The molecule has 20 heavy (non-hydrogen) atoms.